The molecule has 1 unspecified atom stereocenters. The fourth-order valence-corrected chi connectivity index (χ4v) is 8.52. The van der Waals surface area contributed by atoms with Crippen molar-refractivity contribution in [3.63, 3.8) is 0 Å². The van der Waals surface area contributed by atoms with Crippen molar-refractivity contribution in [3.05, 3.63) is 111 Å². The number of phenolic OH excluding ortho intramolecular Hbond substituents is 1. The Morgan fingerprint density at radius 2 is 1.95 bits per heavy atom. The highest BCUT2D eigenvalue weighted by atomic mass is 32.2. The average molecular weight is 606 g/mol. The zero-order valence-electron chi connectivity index (χ0n) is 22.9. The van der Waals surface area contributed by atoms with Crippen molar-refractivity contribution >= 4 is 38.5 Å². The Morgan fingerprint density at radius 3 is 2.67 bits per heavy atom. The van der Waals surface area contributed by atoms with Crippen LogP contribution in [0.15, 0.2) is 89.0 Å². The average Bonchev–Trinajstić information content (AvgIpc) is 3.43. The van der Waals surface area contributed by atoms with Gasteiger partial charge in [0, 0.05) is 17.3 Å². The first-order valence-electron chi connectivity index (χ1n) is 13.3. The predicted molar refractivity (Wildman–Crippen MR) is 160 cm³/mol. The topological polar surface area (TPSA) is 109 Å². The van der Waals surface area contributed by atoms with E-state index in [2.05, 4.69) is 10.3 Å². The molecule has 0 spiro atoms. The minimum absolute atomic E-state index is 0.0197. The van der Waals surface area contributed by atoms with Crippen molar-refractivity contribution < 1.29 is 27.4 Å². The number of halogens is 1. The Hall–Kier alpha value is -4.22. The number of rotatable bonds is 5. The largest absolute Gasteiger partial charge is 0.506 e. The van der Waals surface area contributed by atoms with E-state index >= 15 is 4.39 Å². The molecule has 2 aliphatic heterocycles. The number of carbonyl (C=O) groups is 1. The van der Waals surface area contributed by atoms with Gasteiger partial charge in [0.25, 0.3) is 5.91 Å². The van der Waals surface area contributed by atoms with E-state index < -0.39 is 33.0 Å². The van der Waals surface area contributed by atoms with Crippen LogP contribution in [0.3, 0.4) is 0 Å². The molecule has 0 saturated carbocycles. The Balaban J connectivity index is 1.55. The SMILES string of the molecule is CC1(C)CC2=C(C(c3ccc(OCc4ccccc4)cc3F)N(C(=O)c3cncs3)c3cccc(O)c3N2)S(=O)(=O)C1. The molecule has 0 bridgehead atoms. The second kappa shape index (κ2) is 10.6. The molecule has 4 aromatic rings. The molecule has 8 nitrogen and oxygen atoms in total. The normalized spacial score (nSPS) is 18.8. The number of amides is 1. The van der Waals surface area contributed by atoms with Gasteiger partial charge in [-0.15, -0.1) is 11.3 Å². The number of nitrogens with one attached hydrogen (secondary N) is 1. The van der Waals surface area contributed by atoms with Crippen LogP contribution in [0.2, 0.25) is 0 Å². The maximum atomic E-state index is 16.2. The van der Waals surface area contributed by atoms with Gasteiger partial charge in [-0.1, -0.05) is 50.2 Å². The Labute approximate surface area is 247 Å². The van der Waals surface area contributed by atoms with Crippen molar-refractivity contribution in [2.24, 2.45) is 5.41 Å². The van der Waals surface area contributed by atoms with E-state index in [1.54, 1.807) is 18.2 Å². The maximum absolute atomic E-state index is 16.2. The van der Waals surface area contributed by atoms with Gasteiger partial charge >= 0.3 is 0 Å². The second-order valence-corrected chi connectivity index (χ2v) is 14.0. The lowest BCUT2D eigenvalue weighted by atomic mass is 9.88. The molecule has 0 aliphatic carbocycles. The summed E-state index contributed by atoms with van der Waals surface area (Å²) in [5.74, 6) is -1.42. The third kappa shape index (κ3) is 5.14. The molecule has 2 aliphatic rings. The van der Waals surface area contributed by atoms with Gasteiger partial charge < -0.3 is 15.2 Å². The summed E-state index contributed by atoms with van der Waals surface area (Å²) in [5.41, 5.74) is 2.42. The van der Waals surface area contributed by atoms with E-state index in [1.165, 1.54) is 34.8 Å². The molecule has 1 aromatic heterocycles. The van der Waals surface area contributed by atoms with Gasteiger partial charge in [0.2, 0.25) is 0 Å². The van der Waals surface area contributed by atoms with Gasteiger partial charge in [-0.05, 0) is 41.7 Å². The van der Waals surface area contributed by atoms with Crippen LogP contribution in [0.1, 0.15) is 47.1 Å². The van der Waals surface area contributed by atoms with Crippen LogP contribution in [0.5, 0.6) is 11.5 Å². The molecular weight excluding hydrogens is 577 g/mol. The fraction of sp³-hybridized carbons (Fsp3) is 0.226. The van der Waals surface area contributed by atoms with E-state index in [4.69, 9.17) is 4.74 Å². The standard InChI is InChI=1S/C31H28FN3O5S2/c1-31(2)14-23-29(42(38,39)17-31)28(21-12-11-20(13-22(21)32)40-16-19-7-4-3-5-8-19)35(30(37)26-15-33-18-41-26)24-9-6-10-25(36)27(24)34-23/h3-13,15,18,28,34,36H,14,16-17H2,1-2H3. The smallest absolute Gasteiger partial charge is 0.270 e. The summed E-state index contributed by atoms with van der Waals surface area (Å²) in [7, 11) is -4.02. The number of carbonyl (C=O) groups excluding carboxylic acids is 1. The third-order valence-corrected chi connectivity index (χ3v) is 10.4. The van der Waals surface area contributed by atoms with Gasteiger partial charge in [0.15, 0.2) is 9.84 Å². The lowest BCUT2D eigenvalue weighted by molar-refractivity contribution is 0.0984. The first-order chi connectivity index (χ1) is 20.0. The van der Waals surface area contributed by atoms with E-state index in [0.29, 0.717) is 12.1 Å². The number of phenols is 1. The van der Waals surface area contributed by atoms with Crippen LogP contribution in [0, 0.1) is 11.2 Å². The van der Waals surface area contributed by atoms with Crippen molar-refractivity contribution in [1.82, 2.24) is 4.98 Å². The second-order valence-electron chi connectivity index (χ2n) is 11.1. The van der Waals surface area contributed by atoms with Gasteiger partial charge in [0.1, 0.15) is 40.5 Å². The number of hydrogen-bond acceptors (Lipinski definition) is 8. The number of sulfone groups is 1. The van der Waals surface area contributed by atoms with Crippen LogP contribution < -0.4 is 15.0 Å². The zero-order chi connectivity index (χ0) is 29.6. The minimum Gasteiger partial charge on any atom is -0.506 e. The maximum Gasteiger partial charge on any atom is 0.270 e. The number of hydrogen-bond donors (Lipinski definition) is 2. The van der Waals surface area contributed by atoms with Gasteiger partial charge in [-0.25, -0.2) is 12.8 Å². The van der Waals surface area contributed by atoms with Crippen molar-refractivity contribution in [3.8, 4) is 11.5 Å². The van der Waals surface area contributed by atoms with Crippen LogP contribution in [-0.4, -0.2) is 30.2 Å². The monoisotopic (exact) mass is 605 g/mol. The van der Waals surface area contributed by atoms with Crippen molar-refractivity contribution in [1.29, 1.82) is 0 Å². The molecule has 6 rings (SSSR count). The molecule has 3 heterocycles. The summed E-state index contributed by atoms with van der Waals surface area (Å²) < 4.78 is 50.1. The fourth-order valence-electron chi connectivity index (χ4n) is 5.61. The molecule has 0 radical (unpaired) electrons. The summed E-state index contributed by atoms with van der Waals surface area (Å²) in [5, 5.41) is 14.0. The number of benzene rings is 3. The molecule has 2 N–H and O–H groups in total. The number of aromatic hydroxyl groups is 1. The highest BCUT2D eigenvalue weighted by Crippen LogP contribution is 2.52. The number of anilines is 2. The van der Waals surface area contributed by atoms with Crippen LogP contribution in [-0.2, 0) is 16.4 Å². The summed E-state index contributed by atoms with van der Waals surface area (Å²) in [6.07, 6.45) is 1.68. The molecule has 3 aromatic carbocycles. The molecule has 0 saturated heterocycles. The summed E-state index contributed by atoms with van der Waals surface area (Å²) >= 11 is 1.08. The lowest BCUT2D eigenvalue weighted by Gasteiger charge is -2.37. The van der Waals surface area contributed by atoms with Gasteiger partial charge in [-0.3, -0.25) is 14.7 Å². The molecule has 1 amide bonds. The van der Waals surface area contributed by atoms with Crippen LogP contribution in [0.25, 0.3) is 0 Å². The minimum atomic E-state index is -4.02. The molecular formula is C31H28FN3O5S2. The highest BCUT2D eigenvalue weighted by molar-refractivity contribution is 7.95. The number of nitrogens with zero attached hydrogens (tertiary/aromatic N) is 2. The first kappa shape index (κ1) is 27.9. The van der Waals surface area contributed by atoms with E-state index in [9.17, 15) is 18.3 Å². The van der Waals surface area contributed by atoms with E-state index in [1.807, 2.05) is 44.2 Å². The molecule has 1 atom stereocenters. The van der Waals surface area contributed by atoms with E-state index in [0.717, 1.165) is 16.9 Å². The van der Waals surface area contributed by atoms with Gasteiger partial charge in [-0.2, -0.15) is 0 Å². The number of ether oxygens (including phenoxy) is 1. The van der Waals surface area contributed by atoms with Crippen molar-refractivity contribution in [2.75, 3.05) is 16.0 Å². The zero-order valence-corrected chi connectivity index (χ0v) is 24.5. The number of thiazole rings is 1. The Morgan fingerprint density at radius 1 is 1.17 bits per heavy atom. The Bertz CT molecular complexity index is 1810. The summed E-state index contributed by atoms with van der Waals surface area (Å²) in [6.45, 7) is 3.89. The highest BCUT2D eigenvalue weighted by Gasteiger charge is 2.48. The van der Waals surface area contributed by atoms with E-state index in [-0.39, 0.29) is 50.6 Å². The first-order valence-corrected chi connectivity index (χ1v) is 15.8. The summed E-state index contributed by atoms with van der Waals surface area (Å²) in [6, 6.07) is 16.9. The van der Waals surface area contributed by atoms with Gasteiger partial charge in [0.05, 0.1) is 28.1 Å². The number of fused-ring (bicyclic) bond motifs is 1. The molecule has 42 heavy (non-hydrogen) atoms. The third-order valence-electron chi connectivity index (χ3n) is 7.31. The number of para-hydroxylation sites is 1. The van der Waals surface area contributed by atoms with Crippen LogP contribution >= 0.6 is 11.3 Å². The lowest BCUT2D eigenvalue weighted by Crippen LogP contribution is -2.41. The molecule has 0 fully saturated rings. The quantitative estimate of drug-likeness (QED) is 0.252. The molecule has 11 heteroatoms. The number of allylic oxidation sites excluding steroid dienone is 1. The van der Waals surface area contributed by atoms with Crippen molar-refractivity contribution in [2.45, 2.75) is 32.9 Å². The number of aromatic nitrogens is 1. The predicted octanol–water partition coefficient (Wildman–Crippen LogP) is 6.44. The summed E-state index contributed by atoms with van der Waals surface area (Å²) in [4.78, 5) is 19.5. The van der Waals surface area contributed by atoms with Crippen LogP contribution in [0.4, 0.5) is 15.8 Å². The molecule has 216 valence electrons. The Kier molecular flexibility index (Phi) is 7.02.